The molecular formula is C13H18FN5. The molecule has 1 heterocycles. The molecule has 0 saturated heterocycles. The van der Waals surface area contributed by atoms with Gasteiger partial charge in [0.2, 0.25) is 0 Å². The van der Waals surface area contributed by atoms with Gasteiger partial charge < -0.3 is 5.32 Å². The summed E-state index contributed by atoms with van der Waals surface area (Å²) in [5.74, 6) is 0.398. The van der Waals surface area contributed by atoms with E-state index in [0.717, 1.165) is 12.1 Å². The van der Waals surface area contributed by atoms with Gasteiger partial charge >= 0.3 is 0 Å². The molecule has 19 heavy (non-hydrogen) atoms. The van der Waals surface area contributed by atoms with E-state index in [-0.39, 0.29) is 11.9 Å². The number of likely N-dealkylation sites (N-methyl/N-ethyl adjacent to an activating group) is 1. The van der Waals surface area contributed by atoms with Crippen molar-refractivity contribution in [2.75, 3.05) is 6.54 Å². The summed E-state index contributed by atoms with van der Waals surface area (Å²) in [7, 11) is 1.71. The van der Waals surface area contributed by atoms with Crippen molar-refractivity contribution < 1.29 is 4.39 Å². The van der Waals surface area contributed by atoms with Crippen LogP contribution in [0.3, 0.4) is 0 Å². The number of rotatable bonds is 5. The van der Waals surface area contributed by atoms with Gasteiger partial charge in [-0.05, 0) is 24.7 Å². The Morgan fingerprint density at radius 1 is 1.42 bits per heavy atom. The molecule has 2 aromatic rings. The van der Waals surface area contributed by atoms with Crippen molar-refractivity contribution in [3.8, 4) is 0 Å². The molecule has 0 spiro atoms. The molecule has 0 radical (unpaired) electrons. The minimum atomic E-state index is -0.208. The van der Waals surface area contributed by atoms with Crippen molar-refractivity contribution in [3.63, 3.8) is 0 Å². The molecule has 6 heteroatoms. The molecule has 5 nitrogen and oxygen atoms in total. The highest BCUT2D eigenvalue weighted by Gasteiger charge is 2.18. The first-order valence-corrected chi connectivity index (χ1v) is 6.32. The Hall–Kier alpha value is -1.82. The number of aromatic nitrogens is 4. The molecule has 1 unspecified atom stereocenters. The fourth-order valence-corrected chi connectivity index (χ4v) is 2.06. The van der Waals surface area contributed by atoms with Crippen LogP contribution in [-0.2, 0) is 13.5 Å². The van der Waals surface area contributed by atoms with E-state index in [1.807, 2.05) is 19.9 Å². The van der Waals surface area contributed by atoms with Crippen LogP contribution < -0.4 is 5.32 Å². The summed E-state index contributed by atoms with van der Waals surface area (Å²) in [4.78, 5) is 1.41. The summed E-state index contributed by atoms with van der Waals surface area (Å²) in [5, 5.41) is 15.2. The van der Waals surface area contributed by atoms with Crippen molar-refractivity contribution in [1.29, 1.82) is 0 Å². The average Bonchev–Trinajstić information content (AvgIpc) is 2.77. The first-order valence-electron chi connectivity index (χ1n) is 6.32. The van der Waals surface area contributed by atoms with Crippen LogP contribution in [0.2, 0.25) is 0 Å². The largest absolute Gasteiger partial charge is 0.310 e. The Morgan fingerprint density at radius 2 is 2.21 bits per heavy atom. The van der Waals surface area contributed by atoms with Crippen molar-refractivity contribution in [1.82, 2.24) is 25.5 Å². The van der Waals surface area contributed by atoms with Crippen LogP contribution >= 0.6 is 0 Å². The number of nitrogens with one attached hydrogen (secondary N) is 1. The molecular weight excluding hydrogens is 245 g/mol. The fourth-order valence-electron chi connectivity index (χ4n) is 2.06. The lowest BCUT2D eigenvalue weighted by Crippen LogP contribution is -2.24. The predicted octanol–water partition coefficient (Wildman–Crippen LogP) is 1.55. The smallest absolute Gasteiger partial charge is 0.176 e. The number of hydrogen-bond acceptors (Lipinski definition) is 4. The van der Waals surface area contributed by atoms with Gasteiger partial charge in [-0.3, -0.25) is 0 Å². The van der Waals surface area contributed by atoms with Crippen LogP contribution in [0.5, 0.6) is 0 Å². The highest BCUT2D eigenvalue weighted by molar-refractivity contribution is 5.27. The lowest BCUT2D eigenvalue weighted by molar-refractivity contribution is 0.500. The van der Waals surface area contributed by atoms with Crippen LogP contribution in [0.25, 0.3) is 0 Å². The van der Waals surface area contributed by atoms with Crippen LogP contribution in [-0.4, -0.2) is 26.8 Å². The first-order chi connectivity index (χ1) is 9.10. The minimum absolute atomic E-state index is 0.144. The van der Waals surface area contributed by atoms with E-state index < -0.39 is 0 Å². The van der Waals surface area contributed by atoms with Gasteiger partial charge in [0.1, 0.15) is 5.82 Å². The van der Waals surface area contributed by atoms with Gasteiger partial charge in [0.05, 0.1) is 7.05 Å². The zero-order chi connectivity index (χ0) is 13.8. The maximum Gasteiger partial charge on any atom is 0.176 e. The van der Waals surface area contributed by atoms with Crippen LogP contribution in [0.4, 0.5) is 4.39 Å². The van der Waals surface area contributed by atoms with E-state index in [4.69, 9.17) is 0 Å². The number of tetrazole rings is 1. The second kappa shape index (κ2) is 5.88. The summed E-state index contributed by atoms with van der Waals surface area (Å²) < 4.78 is 13.9. The molecule has 0 amide bonds. The van der Waals surface area contributed by atoms with Gasteiger partial charge in [0, 0.05) is 18.0 Å². The molecule has 102 valence electrons. The number of benzene rings is 1. The number of nitrogens with zero attached hydrogens (tertiary/aromatic N) is 4. The lowest BCUT2D eigenvalue weighted by Gasteiger charge is -2.18. The fraction of sp³-hybridized carbons (Fsp3) is 0.462. The molecule has 0 aliphatic heterocycles. The Kier molecular flexibility index (Phi) is 4.21. The van der Waals surface area contributed by atoms with Gasteiger partial charge in [-0.15, -0.1) is 10.2 Å². The number of halogens is 1. The third-order valence-electron chi connectivity index (χ3n) is 2.91. The Labute approximate surface area is 111 Å². The highest BCUT2D eigenvalue weighted by atomic mass is 19.1. The molecule has 0 fully saturated rings. The summed E-state index contributed by atoms with van der Waals surface area (Å²) >= 11 is 0. The molecule has 0 bridgehead atoms. The van der Waals surface area contributed by atoms with Gasteiger partial charge in [0.15, 0.2) is 5.82 Å². The first kappa shape index (κ1) is 13.6. The van der Waals surface area contributed by atoms with E-state index in [2.05, 4.69) is 20.7 Å². The van der Waals surface area contributed by atoms with Crippen LogP contribution in [0.1, 0.15) is 29.9 Å². The SMILES string of the molecule is CCNC(Cc1nnn(C)n1)c1cc(C)ccc1F. The molecule has 1 aromatic carbocycles. The average molecular weight is 263 g/mol. The van der Waals surface area contributed by atoms with Crippen molar-refractivity contribution >= 4 is 0 Å². The topological polar surface area (TPSA) is 55.6 Å². The number of hydrogen-bond donors (Lipinski definition) is 1. The van der Waals surface area contributed by atoms with Gasteiger partial charge in [-0.25, -0.2) is 4.39 Å². The molecule has 1 aromatic heterocycles. The van der Waals surface area contributed by atoms with Crippen molar-refractivity contribution in [3.05, 3.63) is 41.0 Å². The Morgan fingerprint density at radius 3 is 2.84 bits per heavy atom. The third-order valence-corrected chi connectivity index (χ3v) is 2.91. The van der Waals surface area contributed by atoms with Gasteiger partial charge in [-0.2, -0.15) is 4.80 Å². The van der Waals surface area contributed by atoms with E-state index in [9.17, 15) is 4.39 Å². The highest BCUT2D eigenvalue weighted by Crippen LogP contribution is 2.21. The maximum atomic E-state index is 13.9. The zero-order valence-electron chi connectivity index (χ0n) is 11.4. The predicted molar refractivity (Wildman–Crippen MR) is 70.1 cm³/mol. The van der Waals surface area contributed by atoms with Crippen molar-refractivity contribution in [2.24, 2.45) is 7.05 Å². The Bertz CT molecular complexity index is 552. The monoisotopic (exact) mass is 263 g/mol. The van der Waals surface area contributed by atoms with Gasteiger partial charge in [-0.1, -0.05) is 24.6 Å². The van der Waals surface area contributed by atoms with Crippen LogP contribution in [0.15, 0.2) is 18.2 Å². The minimum Gasteiger partial charge on any atom is -0.310 e. The van der Waals surface area contributed by atoms with Crippen molar-refractivity contribution in [2.45, 2.75) is 26.3 Å². The summed E-state index contributed by atoms with van der Waals surface area (Å²) in [6.45, 7) is 4.69. The standard InChI is InChI=1S/C13H18FN5/c1-4-15-12(8-13-16-18-19(3)17-13)10-7-9(2)5-6-11(10)14/h5-7,12,15H,4,8H2,1-3H3. The maximum absolute atomic E-state index is 13.9. The van der Waals surface area contributed by atoms with E-state index in [1.54, 1.807) is 13.1 Å². The quantitative estimate of drug-likeness (QED) is 0.889. The van der Waals surface area contributed by atoms with E-state index in [1.165, 1.54) is 10.9 Å². The molecule has 2 rings (SSSR count). The molecule has 0 saturated carbocycles. The molecule has 1 N–H and O–H groups in total. The van der Waals surface area contributed by atoms with Crippen LogP contribution in [0, 0.1) is 12.7 Å². The van der Waals surface area contributed by atoms with Gasteiger partial charge in [0.25, 0.3) is 0 Å². The summed E-state index contributed by atoms with van der Waals surface area (Å²) in [6, 6.07) is 4.98. The van der Waals surface area contributed by atoms with E-state index >= 15 is 0 Å². The molecule has 1 atom stereocenters. The zero-order valence-corrected chi connectivity index (χ0v) is 11.4. The normalized spacial score (nSPS) is 12.6. The number of aryl methyl sites for hydroxylation is 2. The summed E-state index contributed by atoms with van der Waals surface area (Å²) in [6.07, 6.45) is 0.516. The molecule has 0 aliphatic rings. The van der Waals surface area contributed by atoms with E-state index in [0.29, 0.717) is 17.8 Å². The summed E-state index contributed by atoms with van der Waals surface area (Å²) in [5.41, 5.74) is 1.68. The second-order valence-corrected chi connectivity index (χ2v) is 4.53. The molecule has 0 aliphatic carbocycles. The third kappa shape index (κ3) is 3.35. The Balaban J connectivity index is 2.26. The second-order valence-electron chi connectivity index (χ2n) is 4.53. The lowest BCUT2D eigenvalue weighted by atomic mass is 10.0.